The van der Waals surface area contributed by atoms with E-state index in [1.54, 1.807) is 30.0 Å². The molecule has 0 fully saturated rings. The van der Waals surface area contributed by atoms with Crippen LogP contribution in [-0.2, 0) is 4.74 Å². The largest absolute Gasteiger partial charge is 0.493 e. The Hall–Kier alpha value is -2.53. The SMILES string of the molecule is COC(=O)c1cccc(OCCSc2ccnc3ccccc23)c1. The lowest BCUT2D eigenvalue weighted by molar-refractivity contribution is 0.0600. The number of esters is 1. The summed E-state index contributed by atoms with van der Waals surface area (Å²) in [7, 11) is 1.37. The number of rotatable bonds is 6. The second-order valence-electron chi connectivity index (χ2n) is 5.04. The zero-order valence-electron chi connectivity index (χ0n) is 13.3. The molecule has 122 valence electrons. The molecule has 5 heteroatoms. The Morgan fingerprint density at radius 3 is 2.88 bits per heavy atom. The van der Waals surface area contributed by atoms with Crippen molar-refractivity contribution < 1.29 is 14.3 Å². The number of fused-ring (bicyclic) bond motifs is 1. The molecule has 1 aromatic heterocycles. The Balaban J connectivity index is 1.58. The predicted octanol–water partition coefficient (Wildman–Crippen LogP) is 4.19. The third-order valence-corrected chi connectivity index (χ3v) is 4.51. The van der Waals surface area contributed by atoms with Crippen LogP contribution in [0.15, 0.2) is 65.7 Å². The van der Waals surface area contributed by atoms with Gasteiger partial charge in [-0.05, 0) is 30.3 Å². The molecule has 4 nitrogen and oxygen atoms in total. The first-order valence-corrected chi connectivity index (χ1v) is 8.54. The van der Waals surface area contributed by atoms with Crippen LogP contribution in [0.25, 0.3) is 10.9 Å². The highest BCUT2D eigenvalue weighted by molar-refractivity contribution is 7.99. The molecule has 0 aliphatic carbocycles. The number of aromatic nitrogens is 1. The number of thioether (sulfide) groups is 1. The van der Waals surface area contributed by atoms with Crippen molar-refractivity contribution in [3.05, 3.63) is 66.4 Å². The average Bonchev–Trinajstić information content (AvgIpc) is 2.65. The van der Waals surface area contributed by atoms with Gasteiger partial charge in [0.05, 0.1) is 24.8 Å². The Morgan fingerprint density at radius 2 is 2.00 bits per heavy atom. The van der Waals surface area contributed by atoms with Crippen molar-refractivity contribution in [3.63, 3.8) is 0 Å². The van der Waals surface area contributed by atoms with Crippen LogP contribution in [0.4, 0.5) is 0 Å². The summed E-state index contributed by atoms with van der Waals surface area (Å²) in [6.07, 6.45) is 1.82. The lowest BCUT2D eigenvalue weighted by Crippen LogP contribution is -2.03. The molecule has 0 saturated carbocycles. The van der Waals surface area contributed by atoms with Crippen LogP contribution in [0.3, 0.4) is 0 Å². The van der Waals surface area contributed by atoms with E-state index in [0.717, 1.165) is 16.7 Å². The molecule has 0 amide bonds. The molecule has 24 heavy (non-hydrogen) atoms. The minimum absolute atomic E-state index is 0.363. The molecule has 0 unspecified atom stereocenters. The molecule has 2 aromatic carbocycles. The highest BCUT2D eigenvalue weighted by Gasteiger charge is 2.06. The summed E-state index contributed by atoms with van der Waals surface area (Å²) in [5.41, 5.74) is 1.48. The van der Waals surface area contributed by atoms with Crippen molar-refractivity contribution in [2.45, 2.75) is 4.90 Å². The summed E-state index contributed by atoms with van der Waals surface area (Å²) in [4.78, 5) is 17.1. The minimum Gasteiger partial charge on any atom is -0.493 e. The zero-order valence-corrected chi connectivity index (χ0v) is 14.1. The Bertz CT molecular complexity index is 845. The molecule has 0 bridgehead atoms. The van der Waals surface area contributed by atoms with Crippen LogP contribution < -0.4 is 4.74 Å². The molecule has 0 aliphatic rings. The summed E-state index contributed by atoms with van der Waals surface area (Å²) >= 11 is 1.73. The van der Waals surface area contributed by atoms with Gasteiger partial charge < -0.3 is 9.47 Å². The van der Waals surface area contributed by atoms with Crippen molar-refractivity contribution in [3.8, 4) is 5.75 Å². The van der Waals surface area contributed by atoms with Crippen LogP contribution in [0, 0.1) is 0 Å². The first-order chi connectivity index (χ1) is 11.8. The molecule has 0 N–H and O–H groups in total. The molecule has 0 spiro atoms. The van der Waals surface area contributed by atoms with Gasteiger partial charge >= 0.3 is 5.97 Å². The molecule has 0 saturated heterocycles. The number of carbonyl (C=O) groups is 1. The van der Waals surface area contributed by atoms with Crippen LogP contribution >= 0.6 is 11.8 Å². The van der Waals surface area contributed by atoms with E-state index >= 15 is 0 Å². The molecule has 1 heterocycles. The maximum Gasteiger partial charge on any atom is 0.337 e. The maximum atomic E-state index is 11.5. The first-order valence-electron chi connectivity index (χ1n) is 7.55. The van der Waals surface area contributed by atoms with E-state index < -0.39 is 0 Å². The second kappa shape index (κ2) is 7.84. The van der Waals surface area contributed by atoms with Crippen molar-refractivity contribution >= 4 is 28.6 Å². The normalized spacial score (nSPS) is 10.5. The maximum absolute atomic E-state index is 11.5. The van der Waals surface area contributed by atoms with Gasteiger partial charge in [0.25, 0.3) is 0 Å². The first kappa shape index (κ1) is 16.3. The Morgan fingerprint density at radius 1 is 1.12 bits per heavy atom. The Kier molecular flexibility index (Phi) is 5.33. The number of hydrogen-bond acceptors (Lipinski definition) is 5. The third-order valence-electron chi connectivity index (χ3n) is 3.47. The average molecular weight is 339 g/mol. The molecule has 3 rings (SSSR count). The number of methoxy groups -OCH3 is 1. The van der Waals surface area contributed by atoms with Crippen molar-refractivity contribution in [2.24, 2.45) is 0 Å². The van der Waals surface area contributed by atoms with E-state index in [1.807, 2.05) is 36.5 Å². The van der Waals surface area contributed by atoms with Gasteiger partial charge in [0.15, 0.2) is 0 Å². The van der Waals surface area contributed by atoms with Gasteiger partial charge in [0, 0.05) is 22.2 Å². The lowest BCUT2D eigenvalue weighted by Gasteiger charge is -2.08. The topological polar surface area (TPSA) is 48.4 Å². The fourth-order valence-corrected chi connectivity index (χ4v) is 3.21. The molecule has 0 radical (unpaired) electrons. The van der Waals surface area contributed by atoms with Gasteiger partial charge in [-0.1, -0.05) is 24.3 Å². The number of hydrogen-bond donors (Lipinski definition) is 0. The van der Waals surface area contributed by atoms with Gasteiger partial charge in [-0.2, -0.15) is 0 Å². The van der Waals surface area contributed by atoms with Gasteiger partial charge in [-0.3, -0.25) is 4.98 Å². The van der Waals surface area contributed by atoms with Crippen molar-refractivity contribution in [2.75, 3.05) is 19.5 Å². The number of para-hydroxylation sites is 1. The van der Waals surface area contributed by atoms with Gasteiger partial charge in [0.2, 0.25) is 0 Å². The molecular formula is C19H17NO3S. The fourth-order valence-electron chi connectivity index (χ4n) is 2.34. The minimum atomic E-state index is -0.363. The van der Waals surface area contributed by atoms with Crippen molar-refractivity contribution in [1.29, 1.82) is 0 Å². The van der Waals surface area contributed by atoms with E-state index in [4.69, 9.17) is 9.47 Å². The number of carbonyl (C=O) groups excluding carboxylic acids is 1. The second-order valence-corrected chi connectivity index (χ2v) is 6.18. The van der Waals surface area contributed by atoms with Gasteiger partial charge in [-0.15, -0.1) is 11.8 Å². The highest BCUT2D eigenvalue weighted by Crippen LogP contribution is 2.26. The van der Waals surface area contributed by atoms with Crippen molar-refractivity contribution in [1.82, 2.24) is 4.98 Å². The third kappa shape index (κ3) is 3.86. The smallest absolute Gasteiger partial charge is 0.337 e. The Labute approximate surface area is 144 Å². The summed E-state index contributed by atoms with van der Waals surface area (Å²) < 4.78 is 10.4. The van der Waals surface area contributed by atoms with Crippen LogP contribution in [0.5, 0.6) is 5.75 Å². The quantitative estimate of drug-likeness (QED) is 0.383. The summed E-state index contributed by atoms with van der Waals surface area (Å²) in [5.74, 6) is 1.10. The number of benzene rings is 2. The number of nitrogens with zero attached hydrogens (tertiary/aromatic N) is 1. The molecule has 0 atom stereocenters. The molecule has 3 aromatic rings. The monoisotopic (exact) mass is 339 g/mol. The summed E-state index contributed by atoms with van der Waals surface area (Å²) in [6.45, 7) is 0.548. The van der Waals surface area contributed by atoms with E-state index in [1.165, 1.54) is 12.0 Å². The fraction of sp³-hybridized carbons (Fsp3) is 0.158. The standard InChI is InChI=1S/C19H17NO3S/c1-22-19(21)14-5-4-6-15(13-14)23-11-12-24-18-9-10-20-17-8-3-2-7-16(17)18/h2-10,13H,11-12H2,1H3. The van der Waals surface area contributed by atoms with E-state index in [0.29, 0.717) is 17.9 Å². The highest BCUT2D eigenvalue weighted by atomic mass is 32.2. The number of ether oxygens (including phenoxy) is 2. The zero-order chi connectivity index (χ0) is 16.8. The van der Waals surface area contributed by atoms with E-state index in [-0.39, 0.29) is 5.97 Å². The predicted molar refractivity (Wildman–Crippen MR) is 95.7 cm³/mol. The molecular weight excluding hydrogens is 322 g/mol. The van der Waals surface area contributed by atoms with Crippen LogP contribution in [-0.4, -0.2) is 30.4 Å². The van der Waals surface area contributed by atoms with Gasteiger partial charge in [0.1, 0.15) is 5.75 Å². The van der Waals surface area contributed by atoms with Crippen LogP contribution in [0.2, 0.25) is 0 Å². The van der Waals surface area contributed by atoms with E-state index in [9.17, 15) is 4.79 Å². The van der Waals surface area contributed by atoms with E-state index in [2.05, 4.69) is 11.1 Å². The number of pyridine rings is 1. The summed E-state index contributed by atoms with van der Waals surface area (Å²) in [6, 6.07) is 17.1. The summed E-state index contributed by atoms with van der Waals surface area (Å²) in [5, 5.41) is 1.15. The van der Waals surface area contributed by atoms with Crippen LogP contribution in [0.1, 0.15) is 10.4 Å². The molecule has 0 aliphatic heterocycles. The van der Waals surface area contributed by atoms with Gasteiger partial charge in [-0.25, -0.2) is 4.79 Å². The lowest BCUT2D eigenvalue weighted by atomic mass is 10.2.